The number of amides is 1. The highest BCUT2D eigenvalue weighted by Crippen LogP contribution is 2.30. The van der Waals surface area contributed by atoms with Crippen molar-refractivity contribution in [2.45, 2.75) is 6.36 Å². The number of hydrogen-bond donors (Lipinski definition) is 2. The van der Waals surface area contributed by atoms with Gasteiger partial charge in [0.2, 0.25) is 5.56 Å². The number of ether oxygens (including phenoxy) is 1. The summed E-state index contributed by atoms with van der Waals surface area (Å²) in [4.78, 5) is 26.8. The first kappa shape index (κ1) is 16.6. The third-order valence-corrected chi connectivity index (χ3v) is 3.36. The fourth-order valence-electron chi connectivity index (χ4n) is 2.37. The third kappa shape index (κ3) is 3.79. The van der Waals surface area contributed by atoms with Crippen molar-refractivity contribution >= 4 is 22.5 Å². The van der Waals surface area contributed by atoms with E-state index in [0.29, 0.717) is 10.9 Å². The van der Waals surface area contributed by atoms with E-state index in [1.165, 1.54) is 18.2 Å². The topological polar surface area (TPSA) is 71.2 Å². The molecule has 0 saturated heterocycles. The first-order valence-electron chi connectivity index (χ1n) is 7.12. The molecule has 3 aromatic rings. The molecular formula is C17H11F3N2O3. The molecule has 128 valence electrons. The molecule has 0 aliphatic heterocycles. The fourth-order valence-corrected chi connectivity index (χ4v) is 2.37. The molecule has 0 aliphatic rings. The molecule has 2 aromatic carbocycles. The van der Waals surface area contributed by atoms with Gasteiger partial charge in [0, 0.05) is 17.0 Å². The first-order valence-corrected chi connectivity index (χ1v) is 7.12. The lowest BCUT2D eigenvalue weighted by atomic mass is 10.1. The van der Waals surface area contributed by atoms with Crippen LogP contribution in [0.4, 0.5) is 18.9 Å². The largest absolute Gasteiger partial charge is 0.573 e. The predicted molar refractivity (Wildman–Crippen MR) is 85.6 cm³/mol. The molecule has 0 spiro atoms. The number of hydrogen-bond acceptors (Lipinski definition) is 3. The van der Waals surface area contributed by atoms with Crippen LogP contribution in [-0.4, -0.2) is 17.3 Å². The number of nitrogens with one attached hydrogen (secondary N) is 2. The van der Waals surface area contributed by atoms with Crippen LogP contribution in [-0.2, 0) is 0 Å². The molecule has 0 fully saturated rings. The summed E-state index contributed by atoms with van der Waals surface area (Å²) < 4.78 is 41.3. The second kappa shape index (κ2) is 6.31. The Labute approximate surface area is 139 Å². The number of anilines is 1. The van der Waals surface area contributed by atoms with Gasteiger partial charge in [0.15, 0.2) is 5.75 Å². The molecule has 2 N–H and O–H groups in total. The Morgan fingerprint density at radius 1 is 1.04 bits per heavy atom. The molecule has 1 heterocycles. The van der Waals surface area contributed by atoms with Crippen LogP contribution in [0.25, 0.3) is 10.9 Å². The molecule has 0 atom stereocenters. The van der Waals surface area contributed by atoms with Crippen molar-refractivity contribution in [3.8, 4) is 5.75 Å². The second-order valence-electron chi connectivity index (χ2n) is 5.09. The minimum atomic E-state index is -4.89. The van der Waals surface area contributed by atoms with Crippen LogP contribution in [0.15, 0.2) is 59.4 Å². The standard InChI is InChI=1S/C17H11F3N2O3/c18-17(19,20)25-14-8-4-3-7-13(14)22-16(24)11-9-15(23)21-12-6-2-1-5-10(11)12/h1-9H,(H,21,23)(H,22,24). The van der Waals surface area contributed by atoms with E-state index in [1.807, 2.05) is 0 Å². The molecule has 0 bridgehead atoms. The zero-order chi connectivity index (χ0) is 18.0. The molecule has 0 unspecified atom stereocenters. The van der Waals surface area contributed by atoms with Crippen molar-refractivity contribution in [2.75, 3.05) is 5.32 Å². The zero-order valence-corrected chi connectivity index (χ0v) is 12.6. The van der Waals surface area contributed by atoms with E-state index in [2.05, 4.69) is 15.0 Å². The van der Waals surface area contributed by atoms with E-state index in [4.69, 9.17) is 0 Å². The van der Waals surface area contributed by atoms with Gasteiger partial charge in [0.25, 0.3) is 5.91 Å². The van der Waals surface area contributed by atoms with Gasteiger partial charge in [-0.3, -0.25) is 9.59 Å². The number of fused-ring (bicyclic) bond motifs is 1. The van der Waals surface area contributed by atoms with Gasteiger partial charge >= 0.3 is 6.36 Å². The highest BCUT2D eigenvalue weighted by atomic mass is 19.4. The van der Waals surface area contributed by atoms with Crippen LogP contribution in [0, 0.1) is 0 Å². The smallest absolute Gasteiger partial charge is 0.404 e. The number of pyridine rings is 1. The number of halogens is 3. The molecule has 8 heteroatoms. The quantitative estimate of drug-likeness (QED) is 0.758. The predicted octanol–water partition coefficient (Wildman–Crippen LogP) is 3.68. The molecule has 0 aliphatic carbocycles. The molecule has 1 amide bonds. The number of carbonyl (C=O) groups excluding carboxylic acids is 1. The van der Waals surface area contributed by atoms with Crippen molar-refractivity contribution in [1.82, 2.24) is 4.98 Å². The molecule has 25 heavy (non-hydrogen) atoms. The number of carbonyl (C=O) groups is 1. The zero-order valence-electron chi connectivity index (χ0n) is 12.6. The summed E-state index contributed by atoms with van der Waals surface area (Å²) in [6.45, 7) is 0. The number of para-hydroxylation sites is 3. The van der Waals surface area contributed by atoms with Gasteiger partial charge in [-0.2, -0.15) is 0 Å². The number of benzene rings is 2. The average Bonchev–Trinajstić information content (AvgIpc) is 2.54. The normalized spacial score (nSPS) is 11.3. The maximum absolute atomic E-state index is 12.5. The Morgan fingerprint density at radius 3 is 2.48 bits per heavy atom. The summed E-state index contributed by atoms with van der Waals surface area (Å²) in [7, 11) is 0. The van der Waals surface area contributed by atoms with Crippen LogP contribution in [0.2, 0.25) is 0 Å². The lowest BCUT2D eigenvalue weighted by molar-refractivity contribution is -0.274. The van der Waals surface area contributed by atoms with Crippen molar-refractivity contribution < 1.29 is 22.7 Å². The number of aromatic amines is 1. The number of rotatable bonds is 3. The van der Waals surface area contributed by atoms with Gasteiger partial charge < -0.3 is 15.0 Å². The highest BCUT2D eigenvalue weighted by Gasteiger charge is 2.32. The summed E-state index contributed by atoms with van der Waals surface area (Å²) >= 11 is 0. The Kier molecular flexibility index (Phi) is 4.18. The summed E-state index contributed by atoms with van der Waals surface area (Å²) in [5.74, 6) is -1.27. The van der Waals surface area contributed by atoms with Crippen LogP contribution < -0.4 is 15.6 Å². The van der Waals surface area contributed by atoms with Crippen LogP contribution in [0.3, 0.4) is 0 Å². The molecule has 1 aromatic heterocycles. The molecular weight excluding hydrogens is 337 g/mol. The van der Waals surface area contributed by atoms with E-state index >= 15 is 0 Å². The Morgan fingerprint density at radius 2 is 1.72 bits per heavy atom. The average molecular weight is 348 g/mol. The minimum Gasteiger partial charge on any atom is -0.404 e. The Bertz CT molecular complexity index is 996. The van der Waals surface area contributed by atoms with Crippen LogP contribution in [0.5, 0.6) is 5.75 Å². The first-order chi connectivity index (χ1) is 11.8. The van der Waals surface area contributed by atoms with Gasteiger partial charge in [-0.05, 0) is 18.2 Å². The summed E-state index contributed by atoms with van der Waals surface area (Å²) in [5.41, 5.74) is -0.168. The summed E-state index contributed by atoms with van der Waals surface area (Å²) in [5, 5.41) is 2.82. The van der Waals surface area contributed by atoms with Crippen molar-refractivity contribution in [3.05, 3.63) is 70.5 Å². The van der Waals surface area contributed by atoms with Gasteiger partial charge in [-0.25, -0.2) is 0 Å². The lowest BCUT2D eigenvalue weighted by Gasteiger charge is -2.14. The van der Waals surface area contributed by atoms with Crippen molar-refractivity contribution in [2.24, 2.45) is 0 Å². The Balaban J connectivity index is 1.98. The van der Waals surface area contributed by atoms with Crippen LogP contribution in [0.1, 0.15) is 10.4 Å². The van der Waals surface area contributed by atoms with Crippen LogP contribution >= 0.6 is 0 Å². The van der Waals surface area contributed by atoms with E-state index in [9.17, 15) is 22.8 Å². The number of H-pyrrole nitrogens is 1. The minimum absolute atomic E-state index is 0.0427. The van der Waals surface area contributed by atoms with Gasteiger partial charge in [0.05, 0.1) is 11.3 Å². The van der Waals surface area contributed by atoms with Gasteiger partial charge in [-0.1, -0.05) is 30.3 Å². The van der Waals surface area contributed by atoms with Crippen molar-refractivity contribution in [1.29, 1.82) is 0 Å². The monoisotopic (exact) mass is 348 g/mol. The van der Waals surface area contributed by atoms with Gasteiger partial charge in [-0.15, -0.1) is 13.2 Å². The maximum atomic E-state index is 12.5. The lowest BCUT2D eigenvalue weighted by Crippen LogP contribution is -2.20. The summed E-state index contributed by atoms with van der Waals surface area (Å²) in [6, 6.07) is 12.9. The van der Waals surface area contributed by atoms with Gasteiger partial charge in [0.1, 0.15) is 0 Å². The Hall–Kier alpha value is -3.29. The molecule has 5 nitrogen and oxygen atoms in total. The SMILES string of the molecule is O=C(Nc1ccccc1OC(F)(F)F)c1cc(=O)[nH]c2ccccc12. The molecule has 3 rings (SSSR count). The second-order valence-corrected chi connectivity index (χ2v) is 5.09. The fraction of sp³-hybridized carbons (Fsp3) is 0.0588. The maximum Gasteiger partial charge on any atom is 0.573 e. The third-order valence-electron chi connectivity index (χ3n) is 3.36. The van der Waals surface area contributed by atoms with E-state index in [0.717, 1.165) is 12.1 Å². The molecule has 0 radical (unpaired) electrons. The summed E-state index contributed by atoms with van der Waals surface area (Å²) in [6.07, 6.45) is -4.89. The van der Waals surface area contributed by atoms with E-state index in [1.54, 1.807) is 24.3 Å². The van der Waals surface area contributed by atoms with E-state index in [-0.39, 0.29) is 11.3 Å². The number of aromatic nitrogens is 1. The number of alkyl halides is 3. The van der Waals surface area contributed by atoms with E-state index < -0.39 is 23.6 Å². The van der Waals surface area contributed by atoms with Crippen molar-refractivity contribution in [3.63, 3.8) is 0 Å². The highest BCUT2D eigenvalue weighted by molar-refractivity contribution is 6.12. The molecule has 0 saturated carbocycles.